The lowest BCUT2D eigenvalue weighted by atomic mass is 10.0. The van der Waals surface area contributed by atoms with E-state index in [1.54, 1.807) is 62.4 Å². The molecule has 29 heavy (non-hydrogen) atoms. The minimum atomic E-state index is -3.52. The molecule has 2 rings (SSSR count). The molecule has 3 N–H and O–H groups in total. The third-order valence-corrected chi connectivity index (χ3v) is 6.86. The van der Waals surface area contributed by atoms with Gasteiger partial charge in [0.25, 0.3) is 0 Å². The SMILES string of the molecule is CCN(CC)S(=O)(=O)c1ccc(C(C)NC(C(N)=O)c2ccc(C#N)cc2)cc1. The second-order valence-electron chi connectivity index (χ2n) is 6.62. The summed E-state index contributed by atoms with van der Waals surface area (Å²) in [6.45, 7) is 6.28. The summed E-state index contributed by atoms with van der Waals surface area (Å²) in [4.78, 5) is 12.2. The number of amides is 1. The molecule has 2 aromatic carbocycles. The molecule has 0 radical (unpaired) electrons. The van der Waals surface area contributed by atoms with Crippen LogP contribution in [0.4, 0.5) is 0 Å². The number of nitrogens with two attached hydrogens (primary N) is 1. The first-order valence-electron chi connectivity index (χ1n) is 9.40. The van der Waals surface area contributed by atoms with Crippen molar-refractivity contribution >= 4 is 15.9 Å². The average Bonchev–Trinajstić information content (AvgIpc) is 2.72. The largest absolute Gasteiger partial charge is 0.368 e. The summed E-state index contributed by atoms with van der Waals surface area (Å²) in [5.74, 6) is -0.540. The molecule has 0 fully saturated rings. The number of nitrogens with zero attached hydrogens (tertiary/aromatic N) is 2. The molecule has 0 aliphatic rings. The predicted octanol–water partition coefficient (Wildman–Crippen LogP) is 2.47. The Bertz CT molecular complexity index is 976. The van der Waals surface area contributed by atoms with E-state index in [0.29, 0.717) is 24.2 Å². The Morgan fingerprint density at radius 1 is 1.07 bits per heavy atom. The molecule has 2 aromatic rings. The van der Waals surface area contributed by atoms with Gasteiger partial charge in [0.2, 0.25) is 15.9 Å². The fraction of sp³-hybridized carbons (Fsp3) is 0.333. The van der Waals surface area contributed by atoms with Crippen LogP contribution in [0.25, 0.3) is 0 Å². The van der Waals surface area contributed by atoms with E-state index in [0.717, 1.165) is 5.56 Å². The molecule has 0 saturated heterocycles. The monoisotopic (exact) mass is 414 g/mol. The normalized spacial score (nSPS) is 13.6. The van der Waals surface area contributed by atoms with Gasteiger partial charge in [0.1, 0.15) is 6.04 Å². The summed E-state index contributed by atoms with van der Waals surface area (Å²) >= 11 is 0. The first-order valence-corrected chi connectivity index (χ1v) is 10.8. The van der Waals surface area contributed by atoms with E-state index < -0.39 is 22.0 Å². The fourth-order valence-corrected chi connectivity index (χ4v) is 4.54. The van der Waals surface area contributed by atoms with E-state index in [1.807, 2.05) is 13.0 Å². The number of sulfonamides is 1. The van der Waals surface area contributed by atoms with E-state index in [1.165, 1.54) is 4.31 Å². The highest BCUT2D eigenvalue weighted by atomic mass is 32.2. The van der Waals surface area contributed by atoms with Crippen LogP contribution < -0.4 is 11.1 Å². The van der Waals surface area contributed by atoms with E-state index in [9.17, 15) is 13.2 Å². The van der Waals surface area contributed by atoms with Gasteiger partial charge in [0, 0.05) is 19.1 Å². The summed E-state index contributed by atoms with van der Waals surface area (Å²) < 4.78 is 26.6. The van der Waals surface area contributed by atoms with Crippen molar-refractivity contribution in [3.05, 3.63) is 65.2 Å². The number of hydrogen-bond acceptors (Lipinski definition) is 5. The highest BCUT2D eigenvalue weighted by Crippen LogP contribution is 2.23. The number of nitrogens with one attached hydrogen (secondary N) is 1. The van der Waals surface area contributed by atoms with Crippen molar-refractivity contribution in [2.75, 3.05) is 13.1 Å². The molecule has 0 saturated carbocycles. The molecule has 0 aliphatic carbocycles. The highest BCUT2D eigenvalue weighted by molar-refractivity contribution is 7.89. The summed E-state index contributed by atoms with van der Waals surface area (Å²) in [6, 6.07) is 14.3. The molecule has 2 unspecified atom stereocenters. The number of benzene rings is 2. The van der Waals surface area contributed by atoms with Crippen LogP contribution in [0.1, 0.15) is 49.5 Å². The zero-order valence-corrected chi connectivity index (χ0v) is 17.6. The molecule has 154 valence electrons. The Morgan fingerprint density at radius 2 is 1.59 bits per heavy atom. The number of hydrogen-bond donors (Lipinski definition) is 2. The van der Waals surface area contributed by atoms with E-state index in [2.05, 4.69) is 5.32 Å². The second kappa shape index (κ2) is 9.65. The summed E-state index contributed by atoms with van der Waals surface area (Å²) in [5.41, 5.74) is 7.53. The molecule has 7 nitrogen and oxygen atoms in total. The van der Waals surface area contributed by atoms with E-state index in [4.69, 9.17) is 11.0 Å². The Hall–Kier alpha value is -2.73. The first-order chi connectivity index (χ1) is 13.7. The van der Waals surface area contributed by atoms with E-state index in [-0.39, 0.29) is 10.9 Å². The van der Waals surface area contributed by atoms with Crippen LogP contribution in [-0.4, -0.2) is 31.7 Å². The highest BCUT2D eigenvalue weighted by Gasteiger charge is 2.23. The van der Waals surface area contributed by atoms with Crippen LogP contribution in [0.2, 0.25) is 0 Å². The summed E-state index contributed by atoms with van der Waals surface area (Å²) in [5, 5.41) is 12.1. The van der Waals surface area contributed by atoms with Gasteiger partial charge in [0.05, 0.1) is 16.5 Å². The lowest BCUT2D eigenvalue weighted by molar-refractivity contribution is -0.120. The molecule has 8 heteroatoms. The van der Waals surface area contributed by atoms with Crippen molar-refractivity contribution in [1.82, 2.24) is 9.62 Å². The Kier molecular flexibility index (Phi) is 7.51. The van der Waals surface area contributed by atoms with Gasteiger partial charge in [-0.1, -0.05) is 38.1 Å². The van der Waals surface area contributed by atoms with Crippen LogP contribution >= 0.6 is 0 Å². The van der Waals surface area contributed by atoms with Crippen molar-refractivity contribution in [1.29, 1.82) is 5.26 Å². The number of carbonyl (C=O) groups excluding carboxylic acids is 1. The molecule has 0 spiro atoms. The molecular formula is C21H26N4O3S. The molecular weight excluding hydrogens is 388 g/mol. The Labute approximate surface area is 172 Å². The number of rotatable bonds is 9. The van der Waals surface area contributed by atoms with Gasteiger partial charge in [-0.3, -0.25) is 10.1 Å². The van der Waals surface area contributed by atoms with Gasteiger partial charge in [0.15, 0.2) is 0 Å². The van der Waals surface area contributed by atoms with Crippen LogP contribution in [0.15, 0.2) is 53.4 Å². The second-order valence-corrected chi connectivity index (χ2v) is 8.55. The van der Waals surface area contributed by atoms with Crippen molar-refractivity contribution in [3.63, 3.8) is 0 Å². The Morgan fingerprint density at radius 3 is 2.03 bits per heavy atom. The fourth-order valence-electron chi connectivity index (χ4n) is 3.08. The average molecular weight is 415 g/mol. The molecule has 0 aliphatic heterocycles. The van der Waals surface area contributed by atoms with Gasteiger partial charge >= 0.3 is 0 Å². The van der Waals surface area contributed by atoms with Gasteiger partial charge in [-0.05, 0) is 42.3 Å². The van der Waals surface area contributed by atoms with Crippen molar-refractivity contribution in [2.45, 2.75) is 37.8 Å². The number of nitriles is 1. The molecule has 0 bridgehead atoms. The third kappa shape index (κ3) is 5.21. The zero-order valence-electron chi connectivity index (χ0n) is 16.8. The molecule has 1 amide bonds. The Balaban J connectivity index is 2.21. The van der Waals surface area contributed by atoms with Gasteiger partial charge in [-0.2, -0.15) is 9.57 Å². The third-order valence-electron chi connectivity index (χ3n) is 4.80. The van der Waals surface area contributed by atoms with Gasteiger partial charge in [-0.25, -0.2) is 8.42 Å². The van der Waals surface area contributed by atoms with E-state index >= 15 is 0 Å². The van der Waals surface area contributed by atoms with Crippen LogP contribution in [0, 0.1) is 11.3 Å². The lowest BCUT2D eigenvalue weighted by Gasteiger charge is -2.22. The van der Waals surface area contributed by atoms with Crippen molar-refractivity contribution in [3.8, 4) is 6.07 Å². The van der Waals surface area contributed by atoms with Crippen LogP contribution in [0.5, 0.6) is 0 Å². The zero-order chi connectivity index (χ0) is 21.6. The molecule has 2 atom stereocenters. The van der Waals surface area contributed by atoms with Crippen LogP contribution in [0.3, 0.4) is 0 Å². The maximum atomic E-state index is 12.6. The quantitative estimate of drug-likeness (QED) is 0.654. The summed E-state index contributed by atoms with van der Waals surface area (Å²) in [6.07, 6.45) is 0. The maximum Gasteiger partial charge on any atom is 0.243 e. The maximum absolute atomic E-state index is 12.6. The minimum Gasteiger partial charge on any atom is -0.368 e. The lowest BCUT2D eigenvalue weighted by Crippen LogP contribution is -2.35. The van der Waals surface area contributed by atoms with Crippen molar-refractivity contribution < 1.29 is 13.2 Å². The van der Waals surface area contributed by atoms with Gasteiger partial charge < -0.3 is 5.73 Å². The molecule has 0 aromatic heterocycles. The number of primary amides is 1. The van der Waals surface area contributed by atoms with Gasteiger partial charge in [-0.15, -0.1) is 0 Å². The van der Waals surface area contributed by atoms with Crippen molar-refractivity contribution in [2.24, 2.45) is 5.73 Å². The number of carbonyl (C=O) groups is 1. The first kappa shape index (κ1) is 22.6. The standard InChI is InChI=1S/C21H26N4O3S/c1-4-25(5-2)29(27,28)19-12-10-17(11-13-19)15(3)24-20(21(23)26)18-8-6-16(14-22)7-9-18/h6-13,15,20,24H,4-5H2,1-3H3,(H2,23,26). The predicted molar refractivity (Wildman–Crippen MR) is 111 cm³/mol. The topological polar surface area (TPSA) is 116 Å². The van der Waals surface area contributed by atoms with Crippen LogP contribution in [-0.2, 0) is 14.8 Å². The smallest absolute Gasteiger partial charge is 0.243 e. The molecule has 0 heterocycles. The minimum absolute atomic E-state index is 0.232. The summed E-state index contributed by atoms with van der Waals surface area (Å²) in [7, 11) is -3.52.